The summed E-state index contributed by atoms with van der Waals surface area (Å²) in [5, 5.41) is 2.50. The van der Waals surface area contributed by atoms with Gasteiger partial charge in [0.1, 0.15) is 12.3 Å². The highest BCUT2D eigenvalue weighted by molar-refractivity contribution is 6.06. The van der Waals surface area contributed by atoms with Gasteiger partial charge in [0.2, 0.25) is 0 Å². The number of benzene rings is 2. The van der Waals surface area contributed by atoms with Crippen LogP contribution in [0.5, 0.6) is 5.75 Å². The highest BCUT2D eigenvalue weighted by Gasteiger charge is 2.16. The van der Waals surface area contributed by atoms with Crippen LogP contribution in [-0.2, 0) is 20.9 Å². The Balaban J connectivity index is 1.59. The van der Waals surface area contributed by atoms with Gasteiger partial charge in [0.25, 0.3) is 17.4 Å². The smallest absolute Gasteiger partial charge is 0.326 e. The molecular formula is C21H19N3O6. The molecule has 9 nitrogen and oxygen atoms in total. The van der Waals surface area contributed by atoms with Crippen LogP contribution in [-0.4, -0.2) is 41.1 Å². The quantitative estimate of drug-likeness (QED) is 0.608. The first-order valence-electron chi connectivity index (χ1n) is 8.98. The zero-order valence-corrected chi connectivity index (χ0v) is 16.4. The minimum Gasteiger partial charge on any atom is -0.496 e. The molecule has 2 aromatic carbocycles. The fourth-order valence-corrected chi connectivity index (χ4v) is 2.84. The monoisotopic (exact) mass is 409 g/mol. The van der Waals surface area contributed by atoms with E-state index >= 15 is 0 Å². The standard InChI is InChI=1S/C21H19N3O6/c1-13-6-5-8-15-19(13)22-12-24(21(15)28)10-18(26)30-11-17(25)23-20(27)14-7-3-4-9-16(14)29-2/h3-9,12H,10-11H2,1-2H3,(H,23,25,27). The van der Waals surface area contributed by atoms with Crippen LogP contribution in [0.25, 0.3) is 10.9 Å². The van der Waals surface area contributed by atoms with Gasteiger partial charge in [-0.2, -0.15) is 0 Å². The van der Waals surface area contributed by atoms with Crippen LogP contribution in [0.2, 0.25) is 0 Å². The number of fused-ring (bicyclic) bond motifs is 1. The minimum atomic E-state index is -0.814. The summed E-state index contributed by atoms with van der Waals surface area (Å²) in [5.41, 5.74) is 1.18. The number of hydrogen-bond donors (Lipinski definition) is 1. The average molecular weight is 409 g/mol. The molecule has 1 aromatic heterocycles. The summed E-state index contributed by atoms with van der Waals surface area (Å²) >= 11 is 0. The largest absolute Gasteiger partial charge is 0.496 e. The lowest BCUT2D eigenvalue weighted by Gasteiger charge is -2.09. The summed E-state index contributed by atoms with van der Waals surface area (Å²) in [7, 11) is 1.40. The van der Waals surface area contributed by atoms with Gasteiger partial charge < -0.3 is 9.47 Å². The van der Waals surface area contributed by atoms with Crippen molar-refractivity contribution in [1.82, 2.24) is 14.9 Å². The molecule has 154 valence electrons. The number of hydrogen-bond acceptors (Lipinski definition) is 7. The van der Waals surface area contributed by atoms with Crippen molar-refractivity contribution in [2.75, 3.05) is 13.7 Å². The maximum absolute atomic E-state index is 12.5. The van der Waals surface area contributed by atoms with Gasteiger partial charge in [-0.3, -0.25) is 29.1 Å². The Hall–Kier alpha value is -4.01. The van der Waals surface area contributed by atoms with Crippen LogP contribution in [0.3, 0.4) is 0 Å². The maximum atomic E-state index is 12.5. The zero-order chi connectivity index (χ0) is 21.7. The number of para-hydroxylation sites is 2. The Labute approximate surface area is 171 Å². The molecule has 2 amide bonds. The third kappa shape index (κ3) is 4.52. The van der Waals surface area contributed by atoms with E-state index in [1.54, 1.807) is 30.3 Å². The molecule has 9 heteroatoms. The number of esters is 1. The zero-order valence-electron chi connectivity index (χ0n) is 16.4. The van der Waals surface area contributed by atoms with Crippen molar-refractivity contribution >= 4 is 28.7 Å². The van der Waals surface area contributed by atoms with Gasteiger partial charge in [0.15, 0.2) is 6.61 Å². The predicted octanol–water partition coefficient (Wildman–Crippen LogP) is 1.21. The topological polar surface area (TPSA) is 117 Å². The van der Waals surface area contributed by atoms with Crippen molar-refractivity contribution in [2.45, 2.75) is 13.5 Å². The first kappa shape index (κ1) is 20.7. The van der Waals surface area contributed by atoms with Gasteiger partial charge >= 0.3 is 5.97 Å². The summed E-state index contributed by atoms with van der Waals surface area (Å²) < 4.78 is 11.0. The van der Waals surface area contributed by atoms with E-state index in [-0.39, 0.29) is 5.56 Å². The van der Waals surface area contributed by atoms with E-state index in [0.29, 0.717) is 16.7 Å². The van der Waals surface area contributed by atoms with Crippen molar-refractivity contribution in [2.24, 2.45) is 0 Å². The molecule has 0 atom stereocenters. The number of nitrogens with one attached hydrogen (secondary N) is 1. The molecular weight excluding hydrogens is 390 g/mol. The molecule has 1 N–H and O–H groups in total. The molecule has 30 heavy (non-hydrogen) atoms. The normalized spacial score (nSPS) is 10.5. The average Bonchev–Trinajstić information content (AvgIpc) is 2.74. The van der Waals surface area contributed by atoms with Gasteiger partial charge in [-0.1, -0.05) is 24.3 Å². The van der Waals surface area contributed by atoms with Crippen LogP contribution in [0.4, 0.5) is 0 Å². The van der Waals surface area contributed by atoms with Crippen molar-refractivity contribution in [3.8, 4) is 5.75 Å². The van der Waals surface area contributed by atoms with Crippen molar-refractivity contribution in [3.05, 3.63) is 70.3 Å². The van der Waals surface area contributed by atoms with E-state index in [4.69, 9.17) is 9.47 Å². The lowest BCUT2D eigenvalue weighted by molar-refractivity contribution is -0.148. The highest BCUT2D eigenvalue weighted by atomic mass is 16.5. The first-order chi connectivity index (χ1) is 14.4. The lowest BCUT2D eigenvalue weighted by Crippen LogP contribution is -2.35. The summed E-state index contributed by atoms with van der Waals surface area (Å²) in [4.78, 5) is 52.8. The van der Waals surface area contributed by atoms with Crippen LogP contribution in [0.1, 0.15) is 15.9 Å². The molecule has 0 aliphatic rings. The number of imide groups is 1. The number of methoxy groups -OCH3 is 1. The predicted molar refractivity (Wildman–Crippen MR) is 107 cm³/mol. The molecule has 1 heterocycles. The van der Waals surface area contributed by atoms with Crippen molar-refractivity contribution < 1.29 is 23.9 Å². The number of amides is 2. The van der Waals surface area contributed by atoms with E-state index in [2.05, 4.69) is 10.3 Å². The number of aromatic nitrogens is 2. The molecule has 0 unspecified atom stereocenters. The Bertz CT molecular complexity index is 1180. The first-order valence-corrected chi connectivity index (χ1v) is 8.98. The van der Waals surface area contributed by atoms with Gasteiger partial charge in [-0.25, -0.2) is 4.98 Å². The fraction of sp³-hybridized carbons (Fsp3) is 0.190. The lowest BCUT2D eigenvalue weighted by atomic mass is 10.1. The molecule has 0 saturated heterocycles. The Morgan fingerprint density at radius 1 is 1.10 bits per heavy atom. The summed E-state index contributed by atoms with van der Waals surface area (Å²) in [6.07, 6.45) is 1.25. The minimum absolute atomic E-state index is 0.170. The van der Waals surface area contributed by atoms with E-state index < -0.39 is 36.5 Å². The van der Waals surface area contributed by atoms with E-state index in [9.17, 15) is 19.2 Å². The molecule has 0 fully saturated rings. The summed E-state index contributed by atoms with van der Waals surface area (Å²) in [6, 6.07) is 11.6. The Morgan fingerprint density at radius 3 is 2.63 bits per heavy atom. The second kappa shape index (κ2) is 8.99. The molecule has 0 spiro atoms. The van der Waals surface area contributed by atoms with E-state index in [1.807, 2.05) is 13.0 Å². The molecule has 3 aromatic rings. The SMILES string of the molecule is COc1ccccc1C(=O)NC(=O)COC(=O)Cn1cnc2c(C)cccc2c1=O. The summed E-state index contributed by atoms with van der Waals surface area (Å²) in [6.45, 7) is 0.746. The van der Waals surface area contributed by atoms with Crippen LogP contribution < -0.4 is 15.6 Å². The highest BCUT2D eigenvalue weighted by Crippen LogP contribution is 2.16. The van der Waals surface area contributed by atoms with Gasteiger partial charge in [-0.05, 0) is 30.7 Å². The van der Waals surface area contributed by atoms with E-state index in [0.717, 1.165) is 10.1 Å². The van der Waals surface area contributed by atoms with Gasteiger partial charge in [0, 0.05) is 0 Å². The van der Waals surface area contributed by atoms with Crippen molar-refractivity contribution in [1.29, 1.82) is 0 Å². The van der Waals surface area contributed by atoms with Crippen LogP contribution in [0.15, 0.2) is 53.6 Å². The van der Waals surface area contributed by atoms with Crippen molar-refractivity contribution in [3.63, 3.8) is 0 Å². The molecule has 0 radical (unpaired) electrons. The summed E-state index contributed by atoms with van der Waals surface area (Å²) in [5.74, 6) is -2.00. The van der Waals surface area contributed by atoms with Gasteiger partial charge in [-0.15, -0.1) is 0 Å². The fourth-order valence-electron chi connectivity index (χ4n) is 2.84. The number of ether oxygens (including phenoxy) is 2. The molecule has 0 aliphatic carbocycles. The number of rotatable bonds is 6. The number of carbonyl (C=O) groups excluding carboxylic acids is 3. The van der Waals surface area contributed by atoms with Gasteiger partial charge in [0.05, 0.1) is 29.9 Å². The molecule has 3 rings (SSSR count). The second-order valence-electron chi connectivity index (χ2n) is 6.39. The van der Waals surface area contributed by atoms with Crippen LogP contribution in [0, 0.1) is 6.92 Å². The third-order valence-corrected chi connectivity index (χ3v) is 4.32. The van der Waals surface area contributed by atoms with E-state index in [1.165, 1.54) is 19.5 Å². The molecule has 0 saturated carbocycles. The number of nitrogens with zero attached hydrogens (tertiary/aromatic N) is 2. The van der Waals surface area contributed by atoms with Crippen LogP contribution >= 0.6 is 0 Å². The molecule has 0 bridgehead atoms. The molecule has 0 aliphatic heterocycles. The Kier molecular flexibility index (Phi) is 6.21. The maximum Gasteiger partial charge on any atom is 0.326 e. The second-order valence-corrected chi connectivity index (χ2v) is 6.39. The third-order valence-electron chi connectivity index (χ3n) is 4.32. The number of carbonyl (C=O) groups is 3. The number of aryl methyl sites for hydroxylation is 1. The Morgan fingerprint density at radius 2 is 1.87 bits per heavy atom.